The smallest absolute Gasteiger partial charge is 0.279 e. The van der Waals surface area contributed by atoms with E-state index in [1.165, 1.54) is 0 Å². The number of rotatable bonds is 6. The van der Waals surface area contributed by atoms with E-state index in [0.29, 0.717) is 5.69 Å². The molecule has 0 spiro atoms. The van der Waals surface area contributed by atoms with Crippen molar-refractivity contribution >= 4 is 34.0 Å². The van der Waals surface area contributed by atoms with Gasteiger partial charge in [-0.1, -0.05) is 36.4 Å². The number of H-pyrrole nitrogens is 1. The van der Waals surface area contributed by atoms with Crippen LogP contribution in [0.25, 0.3) is 10.8 Å². The van der Waals surface area contributed by atoms with E-state index in [2.05, 4.69) is 20.8 Å². The molecule has 1 atom stereocenters. The highest BCUT2D eigenvalue weighted by molar-refractivity contribution is 6.02. The first-order valence-electron chi connectivity index (χ1n) is 8.84. The Morgan fingerprint density at radius 2 is 1.67 bits per heavy atom. The summed E-state index contributed by atoms with van der Waals surface area (Å²) in [5.41, 5.74) is 3.03. The van der Waals surface area contributed by atoms with Crippen LogP contribution in [-0.4, -0.2) is 42.1 Å². The second-order valence-electron chi connectivity index (χ2n) is 6.74. The monoisotopic (exact) mass is 366 g/mol. The predicted octanol–water partition coefficient (Wildman–Crippen LogP) is 1.27. The molecule has 0 saturated heterocycles. The fourth-order valence-corrected chi connectivity index (χ4v) is 3.06. The fraction of sp³-hybridized carbons (Fsp3) is 0.250. The van der Waals surface area contributed by atoms with Gasteiger partial charge in [0.1, 0.15) is 0 Å². The van der Waals surface area contributed by atoms with Gasteiger partial charge in [0.15, 0.2) is 13.1 Å². The number of nitrogens with one attached hydrogen (secondary N) is 4. The molecule has 140 valence electrons. The highest BCUT2D eigenvalue weighted by Gasteiger charge is 2.17. The third kappa shape index (κ3) is 4.51. The van der Waals surface area contributed by atoms with Crippen LogP contribution in [0.3, 0.4) is 0 Å². The summed E-state index contributed by atoms with van der Waals surface area (Å²) < 4.78 is 0. The maximum Gasteiger partial charge on any atom is 0.279 e. The number of aromatic nitrogens is 2. The van der Waals surface area contributed by atoms with Crippen molar-refractivity contribution in [2.24, 2.45) is 0 Å². The van der Waals surface area contributed by atoms with E-state index in [1.54, 1.807) is 0 Å². The average molecular weight is 366 g/mol. The Balaban J connectivity index is 1.56. The molecule has 1 aromatic heterocycles. The van der Waals surface area contributed by atoms with Gasteiger partial charge >= 0.3 is 0 Å². The number of amides is 2. The summed E-state index contributed by atoms with van der Waals surface area (Å²) >= 11 is 0. The molecule has 0 aliphatic heterocycles. The number of benzene rings is 2. The third-order valence-electron chi connectivity index (χ3n) is 4.38. The highest BCUT2D eigenvalue weighted by atomic mass is 16.2. The number of hydrogen-bond donors (Lipinski definition) is 4. The molecule has 1 heterocycles. The lowest BCUT2D eigenvalue weighted by Gasteiger charge is -2.14. The molecule has 27 heavy (non-hydrogen) atoms. The van der Waals surface area contributed by atoms with Crippen LogP contribution < -0.4 is 15.5 Å². The lowest BCUT2D eigenvalue weighted by atomic mass is 10.1. The van der Waals surface area contributed by atoms with Gasteiger partial charge in [0.25, 0.3) is 11.8 Å². The normalized spacial score (nSPS) is 12.0. The van der Waals surface area contributed by atoms with Crippen molar-refractivity contribution in [3.63, 3.8) is 0 Å². The zero-order chi connectivity index (χ0) is 19.4. The first kappa shape index (κ1) is 18.6. The molecule has 1 unspecified atom stereocenters. The van der Waals surface area contributed by atoms with Crippen LogP contribution in [0.15, 0.2) is 42.5 Å². The maximum absolute atomic E-state index is 12.4. The number of carbonyl (C=O) groups is 2. The van der Waals surface area contributed by atoms with Crippen molar-refractivity contribution in [2.45, 2.75) is 13.8 Å². The van der Waals surface area contributed by atoms with E-state index in [0.717, 1.165) is 32.7 Å². The fourth-order valence-electron chi connectivity index (χ4n) is 3.06. The van der Waals surface area contributed by atoms with Crippen molar-refractivity contribution in [3.8, 4) is 0 Å². The summed E-state index contributed by atoms with van der Waals surface area (Å²) in [6, 6.07) is 13.7. The Kier molecular flexibility index (Phi) is 5.52. The summed E-state index contributed by atoms with van der Waals surface area (Å²) in [5.74, 6) is -0.287. The number of likely N-dealkylation sites (N-methyl/N-ethyl adjacent to an activating group) is 1. The SMILES string of the molecule is Cc1n[nH]c(C)c1NC(=O)C[NH+](C)CC(=O)Nc1cccc2ccccc12. The lowest BCUT2D eigenvalue weighted by molar-refractivity contribution is -0.862. The molecule has 0 radical (unpaired) electrons. The van der Waals surface area contributed by atoms with Gasteiger partial charge in [-0.15, -0.1) is 0 Å². The molecule has 4 N–H and O–H groups in total. The number of quaternary nitrogens is 1. The molecule has 7 nitrogen and oxygen atoms in total. The number of hydrogen-bond acceptors (Lipinski definition) is 3. The second-order valence-corrected chi connectivity index (χ2v) is 6.74. The van der Waals surface area contributed by atoms with Crippen molar-refractivity contribution in [1.29, 1.82) is 0 Å². The van der Waals surface area contributed by atoms with Crippen LogP contribution in [0.1, 0.15) is 11.4 Å². The Bertz CT molecular complexity index is 955. The molecule has 3 aromatic rings. The minimum atomic E-state index is -0.155. The number of aryl methyl sites for hydroxylation is 2. The van der Waals surface area contributed by atoms with Gasteiger partial charge in [-0.2, -0.15) is 5.10 Å². The van der Waals surface area contributed by atoms with E-state index in [-0.39, 0.29) is 24.9 Å². The Morgan fingerprint density at radius 3 is 2.37 bits per heavy atom. The van der Waals surface area contributed by atoms with Gasteiger partial charge in [0.05, 0.1) is 24.1 Å². The number of fused-ring (bicyclic) bond motifs is 1. The van der Waals surface area contributed by atoms with E-state index >= 15 is 0 Å². The zero-order valence-electron chi connectivity index (χ0n) is 15.7. The largest absolute Gasteiger partial charge is 0.322 e. The molecule has 2 amide bonds. The van der Waals surface area contributed by atoms with Crippen molar-refractivity contribution in [2.75, 3.05) is 30.8 Å². The van der Waals surface area contributed by atoms with E-state index < -0.39 is 0 Å². The van der Waals surface area contributed by atoms with Crippen LogP contribution in [0.5, 0.6) is 0 Å². The molecule has 0 saturated carbocycles. The van der Waals surface area contributed by atoms with Crippen LogP contribution in [0.4, 0.5) is 11.4 Å². The predicted molar refractivity (Wildman–Crippen MR) is 106 cm³/mol. The first-order chi connectivity index (χ1) is 12.9. The van der Waals surface area contributed by atoms with Crippen LogP contribution >= 0.6 is 0 Å². The summed E-state index contributed by atoms with van der Waals surface area (Å²) in [6.07, 6.45) is 0. The van der Waals surface area contributed by atoms with Crippen LogP contribution in [-0.2, 0) is 9.59 Å². The molecule has 0 fully saturated rings. The van der Waals surface area contributed by atoms with Gasteiger partial charge < -0.3 is 15.5 Å². The van der Waals surface area contributed by atoms with Crippen molar-refractivity contribution in [1.82, 2.24) is 10.2 Å². The molecule has 0 aliphatic carbocycles. The van der Waals surface area contributed by atoms with E-state index in [1.807, 2.05) is 63.4 Å². The second kappa shape index (κ2) is 8.01. The number of carbonyl (C=O) groups excluding carboxylic acids is 2. The minimum absolute atomic E-state index is 0.132. The zero-order valence-corrected chi connectivity index (χ0v) is 15.7. The third-order valence-corrected chi connectivity index (χ3v) is 4.38. The summed E-state index contributed by atoms with van der Waals surface area (Å²) in [6.45, 7) is 4.06. The topological polar surface area (TPSA) is 91.3 Å². The number of aromatic amines is 1. The Hall–Kier alpha value is -3.19. The molecule has 3 rings (SSSR count). The summed E-state index contributed by atoms with van der Waals surface area (Å²) in [5, 5.41) is 14.8. The van der Waals surface area contributed by atoms with E-state index in [9.17, 15) is 9.59 Å². The number of nitrogens with zero attached hydrogens (tertiary/aromatic N) is 1. The summed E-state index contributed by atoms with van der Waals surface area (Å²) in [4.78, 5) is 25.4. The van der Waals surface area contributed by atoms with Crippen LogP contribution in [0.2, 0.25) is 0 Å². The lowest BCUT2D eigenvalue weighted by Crippen LogP contribution is -3.11. The van der Waals surface area contributed by atoms with Gasteiger partial charge in [-0.3, -0.25) is 14.7 Å². The van der Waals surface area contributed by atoms with Crippen molar-refractivity contribution in [3.05, 3.63) is 53.9 Å². The minimum Gasteiger partial charge on any atom is -0.322 e. The number of anilines is 2. The van der Waals surface area contributed by atoms with Gasteiger partial charge in [0.2, 0.25) is 0 Å². The summed E-state index contributed by atoms with van der Waals surface area (Å²) in [7, 11) is 1.82. The quantitative estimate of drug-likeness (QED) is 0.530. The average Bonchev–Trinajstić information content (AvgIpc) is 2.93. The molecular formula is C20H24N5O2+. The van der Waals surface area contributed by atoms with Crippen molar-refractivity contribution < 1.29 is 14.5 Å². The Labute approximate surface area is 157 Å². The molecule has 0 bridgehead atoms. The van der Waals surface area contributed by atoms with Gasteiger partial charge in [-0.05, 0) is 25.3 Å². The van der Waals surface area contributed by atoms with Crippen LogP contribution in [0, 0.1) is 13.8 Å². The molecule has 7 heteroatoms. The molecule has 0 aliphatic rings. The van der Waals surface area contributed by atoms with Gasteiger partial charge in [-0.25, -0.2) is 0 Å². The first-order valence-corrected chi connectivity index (χ1v) is 8.84. The molecular weight excluding hydrogens is 342 g/mol. The van der Waals surface area contributed by atoms with E-state index in [4.69, 9.17) is 0 Å². The maximum atomic E-state index is 12.4. The highest BCUT2D eigenvalue weighted by Crippen LogP contribution is 2.22. The van der Waals surface area contributed by atoms with Gasteiger partial charge in [0, 0.05) is 11.1 Å². The standard InChI is InChI=1S/C20H23N5O2/c1-13-20(14(2)24-23-13)22-19(27)12-25(3)11-18(26)21-17-10-6-8-15-7-4-5-9-16(15)17/h4-10H,11-12H2,1-3H3,(H,21,26)(H,22,27)(H,23,24)/p+1. The Morgan fingerprint density at radius 1 is 1.00 bits per heavy atom. The molecule has 2 aromatic carbocycles.